The maximum Gasteiger partial charge on any atom is 0.277 e. The Kier molecular flexibility index (Phi) is 5.48. The lowest BCUT2D eigenvalue weighted by Crippen LogP contribution is -2.23. The maximum atomic E-state index is 13.0. The van der Waals surface area contributed by atoms with Gasteiger partial charge in [-0.15, -0.1) is 12.4 Å². The summed E-state index contributed by atoms with van der Waals surface area (Å²) in [5.74, 6) is 0. The zero-order chi connectivity index (χ0) is 17.9. The van der Waals surface area contributed by atoms with E-state index in [1.165, 1.54) is 0 Å². The Balaban J connectivity index is 0.00000210. The van der Waals surface area contributed by atoms with Crippen molar-refractivity contribution in [3.63, 3.8) is 0 Å². The minimum Gasteiger partial charge on any atom is -0.307 e. The summed E-state index contributed by atoms with van der Waals surface area (Å²) in [4.78, 5) is 21.9. The molecule has 0 saturated heterocycles. The molecule has 0 aliphatic rings. The average molecular weight is 376 g/mol. The molecule has 0 bridgehead atoms. The summed E-state index contributed by atoms with van der Waals surface area (Å²) in [6.45, 7) is 0. The van der Waals surface area contributed by atoms with E-state index in [0.29, 0.717) is 5.69 Å². The molecule has 4 rings (SSSR count). The fourth-order valence-corrected chi connectivity index (χ4v) is 3.05. The van der Waals surface area contributed by atoms with Gasteiger partial charge in [-0.3, -0.25) is 9.78 Å². The van der Waals surface area contributed by atoms with Crippen molar-refractivity contribution in [1.82, 2.24) is 14.5 Å². The first kappa shape index (κ1) is 18.5. The molecule has 0 N–H and O–H groups in total. The smallest absolute Gasteiger partial charge is 0.277 e. The molecule has 0 radical (unpaired) electrons. The number of hydrogen-bond acceptors (Lipinski definition) is 3. The summed E-state index contributed by atoms with van der Waals surface area (Å²) < 4.78 is 1.67. The van der Waals surface area contributed by atoms with Crippen LogP contribution >= 0.6 is 12.4 Å². The van der Waals surface area contributed by atoms with Crippen LogP contribution in [-0.2, 0) is 7.05 Å². The maximum absolute atomic E-state index is 13.0. The lowest BCUT2D eigenvalue weighted by Gasteiger charge is -2.16. The van der Waals surface area contributed by atoms with Crippen LogP contribution in [0.25, 0.3) is 33.8 Å². The molecule has 27 heavy (non-hydrogen) atoms. The molecule has 134 valence electrons. The number of rotatable bonds is 3. The molecule has 0 atom stereocenters. The highest BCUT2D eigenvalue weighted by molar-refractivity contribution is 5.85. The Labute approximate surface area is 163 Å². The SMILES string of the molecule is Cl.Cn1c(-c2ccncc2)c(-c2ccccc2)nc(-c2ccccc2)c1=O. The largest absolute Gasteiger partial charge is 0.307 e. The van der Waals surface area contributed by atoms with Gasteiger partial charge in [-0.1, -0.05) is 60.7 Å². The van der Waals surface area contributed by atoms with Crippen molar-refractivity contribution in [3.8, 4) is 33.8 Å². The number of hydrogen-bond donors (Lipinski definition) is 0. The predicted molar refractivity (Wildman–Crippen MR) is 111 cm³/mol. The Morgan fingerprint density at radius 2 is 1.22 bits per heavy atom. The highest BCUT2D eigenvalue weighted by Gasteiger charge is 2.18. The topological polar surface area (TPSA) is 47.8 Å². The van der Waals surface area contributed by atoms with Crippen LogP contribution in [0, 0.1) is 0 Å². The van der Waals surface area contributed by atoms with E-state index in [-0.39, 0.29) is 18.0 Å². The zero-order valence-corrected chi connectivity index (χ0v) is 15.6. The van der Waals surface area contributed by atoms with Crippen molar-refractivity contribution in [2.45, 2.75) is 0 Å². The summed E-state index contributed by atoms with van der Waals surface area (Å²) in [5, 5.41) is 0. The highest BCUT2D eigenvalue weighted by atomic mass is 35.5. The molecule has 0 saturated carbocycles. The molecule has 0 amide bonds. The number of halogens is 1. The third kappa shape index (κ3) is 3.52. The van der Waals surface area contributed by atoms with Gasteiger partial charge in [0.2, 0.25) is 0 Å². The average Bonchev–Trinajstić information content (AvgIpc) is 2.72. The first-order valence-corrected chi connectivity index (χ1v) is 8.38. The van der Waals surface area contributed by atoms with Crippen molar-refractivity contribution in [2.24, 2.45) is 7.05 Å². The molecule has 0 spiro atoms. The van der Waals surface area contributed by atoms with E-state index in [1.807, 2.05) is 72.8 Å². The van der Waals surface area contributed by atoms with Crippen LogP contribution in [0.4, 0.5) is 0 Å². The molecule has 0 fully saturated rings. The monoisotopic (exact) mass is 375 g/mol. The van der Waals surface area contributed by atoms with E-state index >= 15 is 0 Å². The van der Waals surface area contributed by atoms with Crippen molar-refractivity contribution in [2.75, 3.05) is 0 Å². The second-order valence-corrected chi connectivity index (χ2v) is 5.99. The molecule has 2 aromatic heterocycles. The third-order valence-electron chi connectivity index (χ3n) is 4.34. The van der Waals surface area contributed by atoms with Crippen LogP contribution in [0.1, 0.15) is 0 Å². The number of aromatic nitrogens is 3. The fourth-order valence-electron chi connectivity index (χ4n) is 3.05. The zero-order valence-electron chi connectivity index (χ0n) is 14.7. The van der Waals surface area contributed by atoms with Gasteiger partial charge in [0.1, 0.15) is 5.69 Å². The van der Waals surface area contributed by atoms with E-state index in [4.69, 9.17) is 4.98 Å². The number of nitrogens with zero attached hydrogens (tertiary/aromatic N) is 3. The molecule has 5 heteroatoms. The Hall–Kier alpha value is -3.24. The number of benzene rings is 2. The molecular weight excluding hydrogens is 358 g/mol. The van der Waals surface area contributed by atoms with Gasteiger partial charge in [-0.05, 0) is 12.1 Å². The van der Waals surface area contributed by atoms with E-state index in [0.717, 1.165) is 28.1 Å². The molecule has 0 aliphatic heterocycles. The van der Waals surface area contributed by atoms with E-state index < -0.39 is 0 Å². The van der Waals surface area contributed by atoms with Crippen LogP contribution in [0.2, 0.25) is 0 Å². The van der Waals surface area contributed by atoms with E-state index in [2.05, 4.69) is 4.98 Å². The van der Waals surface area contributed by atoms with Gasteiger partial charge in [0.25, 0.3) is 5.56 Å². The molecule has 0 unspecified atom stereocenters. The summed E-state index contributed by atoms with van der Waals surface area (Å²) in [5.41, 5.74) is 4.57. The minimum atomic E-state index is -0.123. The van der Waals surface area contributed by atoms with Crippen LogP contribution < -0.4 is 5.56 Å². The van der Waals surface area contributed by atoms with Gasteiger partial charge < -0.3 is 4.57 Å². The first-order chi connectivity index (χ1) is 12.8. The second-order valence-electron chi connectivity index (χ2n) is 5.99. The quantitative estimate of drug-likeness (QED) is 0.525. The van der Waals surface area contributed by atoms with Crippen molar-refractivity contribution >= 4 is 12.4 Å². The molecular formula is C22H18ClN3O. The van der Waals surface area contributed by atoms with Crippen molar-refractivity contribution < 1.29 is 0 Å². The molecule has 2 heterocycles. The Morgan fingerprint density at radius 1 is 0.704 bits per heavy atom. The molecule has 4 aromatic rings. The van der Waals surface area contributed by atoms with Gasteiger partial charge >= 0.3 is 0 Å². The number of pyridine rings is 1. The third-order valence-corrected chi connectivity index (χ3v) is 4.34. The van der Waals surface area contributed by atoms with E-state index in [1.54, 1.807) is 24.0 Å². The highest BCUT2D eigenvalue weighted by Crippen LogP contribution is 2.30. The van der Waals surface area contributed by atoms with Crippen LogP contribution in [0.3, 0.4) is 0 Å². The van der Waals surface area contributed by atoms with Crippen molar-refractivity contribution in [3.05, 3.63) is 95.5 Å². The van der Waals surface area contributed by atoms with Crippen molar-refractivity contribution in [1.29, 1.82) is 0 Å². The Bertz CT molecular complexity index is 1090. The summed E-state index contributed by atoms with van der Waals surface area (Å²) in [6.07, 6.45) is 3.44. The fraction of sp³-hybridized carbons (Fsp3) is 0.0455. The lowest BCUT2D eigenvalue weighted by atomic mass is 10.0. The Morgan fingerprint density at radius 3 is 1.78 bits per heavy atom. The van der Waals surface area contributed by atoms with E-state index in [9.17, 15) is 4.79 Å². The van der Waals surface area contributed by atoms with Gasteiger partial charge in [0, 0.05) is 36.1 Å². The summed E-state index contributed by atoms with van der Waals surface area (Å²) in [7, 11) is 1.79. The normalized spacial score (nSPS) is 10.3. The molecule has 4 nitrogen and oxygen atoms in total. The standard InChI is InChI=1S/C22H17N3O.ClH/c1-25-21(18-12-14-23-15-13-18)19(16-8-4-2-5-9-16)24-20(22(25)26)17-10-6-3-7-11-17;/h2-15H,1H3;1H. The molecule has 2 aromatic carbocycles. The van der Waals surface area contributed by atoms with Crippen LogP contribution in [0.15, 0.2) is 90.0 Å². The second kappa shape index (κ2) is 7.98. The summed E-state index contributed by atoms with van der Waals surface area (Å²) >= 11 is 0. The van der Waals surface area contributed by atoms with Gasteiger partial charge in [-0.25, -0.2) is 4.98 Å². The summed E-state index contributed by atoms with van der Waals surface area (Å²) in [6, 6.07) is 23.3. The van der Waals surface area contributed by atoms with Crippen LogP contribution in [0.5, 0.6) is 0 Å². The molecule has 0 aliphatic carbocycles. The first-order valence-electron chi connectivity index (χ1n) is 8.38. The lowest BCUT2D eigenvalue weighted by molar-refractivity contribution is 0.858. The van der Waals surface area contributed by atoms with Crippen LogP contribution in [-0.4, -0.2) is 14.5 Å². The van der Waals surface area contributed by atoms with Gasteiger partial charge in [0.05, 0.1) is 11.4 Å². The minimum absolute atomic E-state index is 0. The van der Waals surface area contributed by atoms with Gasteiger partial charge in [-0.2, -0.15) is 0 Å². The predicted octanol–water partition coefficient (Wildman–Crippen LogP) is 4.60. The van der Waals surface area contributed by atoms with Gasteiger partial charge in [0.15, 0.2) is 0 Å².